The van der Waals surface area contributed by atoms with Gasteiger partial charge in [0.2, 0.25) is 0 Å². The third-order valence-corrected chi connectivity index (χ3v) is 4.02. The van der Waals surface area contributed by atoms with Gasteiger partial charge < -0.3 is 5.32 Å². The lowest BCUT2D eigenvalue weighted by atomic mass is 10.0. The zero-order valence-electron chi connectivity index (χ0n) is 12.7. The van der Waals surface area contributed by atoms with Crippen molar-refractivity contribution >= 4 is 0 Å². The molecule has 0 aromatic carbocycles. The number of likely N-dealkylation sites (tertiary alicyclic amines) is 1. The van der Waals surface area contributed by atoms with Gasteiger partial charge in [0.1, 0.15) is 0 Å². The normalized spacial score (nSPS) is 28.6. The van der Waals surface area contributed by atoms with E-state index in [0.717, 1.165) is 24.4 Å². The summed E-state index contributed by atoms with van der Waals surface area (Å²) in [4.78, 5) is 2.71. The van der Waals surface area contributed by atoms with Crippen LogP contribution in [0, 0.1) is 11.8 Å². The van der Waals surface area contributed by atoms with Crippen molar-refractivity contribution in [2.75, 3.05) is 19.6 Å². The van der Waals surface area contributed by atoms with Crippen molar-refractivity contribution in [3.05, 3.63) is 0 Å². The zero-order valence-corrected chi connectivity index (χ0v) is 12.7. The molecule has 2 nitrogen and oxygen atoms in total. The number of nitrogens with one attached hydrogen (secondary N) is 1. The van der Waals surface area contributed by atoms with Gasteiger partial charge in [0.25, 0.3) is 0 Å². The highest BCUT2D eigenvalue weighted by Gasteiger charge is 2.30. The summed E-state index contributed by atoms with van der Waals surface area (Å²) in [6.45, 7) is 17.6. The van der Waals surface area contributed by atoms with Crippen LogP contribution in [0.1, 0.15) is 54.4 Å². The summed E-state index contributed by atoms with van der Waals surface area (Å²) >= 11 is 0. The molecule has 2 heteroatoms. The molecule has 1 aliphatic heterocycles. The summed E-state index contributed by atoms with van der Waals surface area (Å²) in [5.41, 5.74) is 0.239. The van der Waals surface area contributed by atoms with E-state index in [1.54, 1.807) is 0 Å². The Balaban J connectivity index is 2.48. The Kier molecular flexibility index (Phi) is 5.46. The molecule has 1 saturated heterocycles. The fourth-order valence-corrected chi connectivity index (χ4v) is 2.64. The maximum atomic E-state index is 3.67. The van der Waals surface area contributed by atoms with Gasteiger partial charge in [-0.25, -0.2) is 0 Å². The maximum Gasteiger partial charge on any atom is 0.0220 e. The van der Waals surface area contributed by atoms with E-state index >= 15 is 0 Å². The number of hydrogen-bond donors (Lipinski definition) is 1. The molecule has 1 rings (SSSR count). The SMILES string of the molecule is CCCC(CNC(C)(C)C)N1CC(C)C(C)C1. The van der Waals surface area contributed by atoms with Crippen molar-refractivity contribution in [3.8, 4) is 0 Å². The first-order chi connectivity index (χ1) is 7.83. The van der Waals surface area contributed by atoms with Crippen LogP contribution in [0.5, 0.6) is 0 Å². The van der Waals surface area contributed by atoms with Gasteiger partial charge in [-0.05, 0) is 39.0 Å². The van der Waals surface area contributed by atoms with Gasteiger partial charge in [0.15, 0.2) is 0 Å². The predicted molar refractivity (Wildman–Crippen MR) is 76.4 cm³/mol. The highest BCUT2D eigenvalue weighted by atomic mass is 15.2. The molecular formula is C15H32N2. The van der Waals surface area contributed by atoms with Crippen molar-refractivity contribution < 1.29 is 0 Å². The van der Waals surface area contributed by atoms with E-state index in [-0.39, 0.29) is 5.54 Å². The lowest BCUT2D eigenvalue weighted by Gasteiger charge is -2.31. The first-order valence-electron chi connectivity index (χ1n) is 7.32. The quantitative estimate of drug-likeness (QED) is 0.794. The molecule has 0 radical (unpaired) electrons. The van der Waals surface area contributed by atoms with Crippen molar-refractivity contribution in [2.45, 2.75) is 66.0 Å². The van der Waals surface area contributed by atoms with Crippen LogP contribution < -0.4 is 5.32 Å². The van der Waals surface area contributed by atoms with Crippen LogP contribution in [0.2, 0.25) is 0 Å². The second-order valence-electron chi connectivity index (χ2n) is 6.98. The Morgan fingerprint density at radius 3 is 2.12 bits per heavy atom. The summed E-state index contributed by atoms with van der Waals surface area (Å²) in [6, 6.07) is 0.728. The van der Waals surface area contributed by atoms with Gasteiger partial charge in [-0.2, -0.15) is 0 Å². The molecular weight excluding hydrogens is 208 g/mol. The molecule has 0 amide bonds. The second kappa shape index (κ2) is 6.19. The summed E-state index contributed by atoms with van der Waals surface area (Å²) in [5, 5.41) is 3.67. The van der Waals surface area contributed by atoms with Crippen LogP contribution in [-0.2, 0) is 0 Å². The van der Waals surface area contributed by atoms with Gasteiger partial charge in [-0.1, -0.05) is 27.2 Å². The molecule has 102 valence electrons. The van der Waals surface area contributed by atoms with Gasteiger partial charge >= 0.3 is 0 Å². The van der Waals surface area contributed by atoms with Gasteiger partial charge in [-0.15, -0.1) is 0 Å². The predicted octanol–water partition coefficient (Wildman–Crippen LogP) is 3.13. The smallest absolute Gasteiger partial charge is 0.0220 e. The van der Waals surface area contributed by atoms with E-state index in [1.165, 1.54) is 25.9 Å². The molecule has 1 heterocycles. The van der Waals surface area contributed by atoms with E-state index < -0.39 is 0 Å². The first-order valence-corrected chi connectivity index (χ1v) is 7.32. The maximum absolute atomic E-state index is 3.67. The van der Waals surface area contributed by atoms with E-state index in [2.05, 4.69) is 51.8 Å². The first kappa shape index (κ1) is 15.0. The molecule has 0 saturated carbocycles. The van der Waals surface area contributed by atoms with E-state index in [9.17, 15) is 0 Å². The molecule has 3 unspecified atom stereocenters. The van der Waals surface area contributed by atoms with E-state index in [0.29, 0.717) is 0 Å². The monoisotopic (exact) mass is 240 g/mol. The lowest BCUT2D eigenvalue weighted by molar-refractivity contribution is 0.201. The molecule has 1 fully saturated rings. The van der Waals surface area contributed by atoms with Gasteiger partial charge in [0.05, 0.1) is 0 Å². The fraction of sp³-hybridized carbons (Fsp3) is 1.00. The average Bonchev–Trinajstić information content (AvgIpc) is 2.52. The fourth-order valence-electron chi connectivity index (χ4n) is 2.64. The molecule has 3 atom stereocenters. The minimum Gasteiger partial charge on any atom is -0.311 e. The zero-order chi connectivity index (χ0) is 13.1. The van der Waals surface area contributed by atoms with Crippen LogP contribution in [0.15, 0.2) is 0 Å². The molecule has 1 aliphatic rings. The third kappa shape index (κ3) is 4.97. The van der Waals surface area contributed by atoms with Gasteiger partial charge in [0, 0.05) is 31.2 Å². The summed E-state index contributed by atoms with van der Waals surface area (Å²) < 4.78 is 0. The van der Waals surface area contributed by atoms with Crippen LogP contribution in [0.3, 0.4) is 0 Å². The van der Waals surface area contributed by atoms with Crippen LogP contribution >= 0.6 is 0 Å². The lowest BCUT2D eigenvalue weighted by Crippen LogP contribution is -2.47. The minimum atomic E-state index is 0.239. The number of rotatable bonds is 5. The Bertz CT molecular complexity index is 209. The van der Waals surface area contributed by atoms with Gasteiger partial charge in [-0.3, -0.25) is 4.90 Å². The molecule has 0 aromatic rings. The van der Waals surface area contributed by atoms with Crippen molar-refractivity contribution in [1.82, 2.24) is 10.2 Å². The Morgan fingerprint density at radius 1 is 1.18 bits per heavy atom. The summed E-state index contributed by atoms with van der Waals surface area (Å²) in [5.74, 6) is 1.73. The van der Waals surface area contributed by atoms with Crippen molar-refractivity contribution in [3.63, 3.8) is 0 Å². The highest BCUT2D eigenvalue weighted by molar-refractivity contribution is 4.86. The molecule has 0 aromatic heterocycles. The van der Waals surface area contributed by atoms with Crippen LogP contribution in [0.4, 0.5) is 0 Å². The Hall–Kier alpha value is -0.0800. The van der Waals surface area contributed by atoms with E-state index in [4.69, 9.17) is 0 Å². The highest BCUT2D eigenvalue weighted by Crippen LogP contribution is 2.25. The van der Waals surface area contributed by atoms with Crippen molar-refractivity contribution in [1.29, 1.82) is 0 Å². The van der Waals surface area contributed by atoms with E-state index in [1.807, 2.05) is 0 Å². The molecule has 0 bridgehead atoms. The Labute approximate surface area is 108 Å². The standard InChI is InChI=1S/C15H32N2/c1-7-8-14(9-16-15(4,5)6)17-10-12(2)13(3)11-17/h12-14,16H,7-11H2,1-6H3. The largest absolute Gasteiger partial charge is 0.311 e. The molecule has 1 N–H and O–H groups in total. The molecule has 17 heavy (non-hydrogen) atoms. The van der Waals surface area contributed by atoms with Crippen LogP contribution in [-0.4, -0.2) is 36.1 Å². The third-order valence-electron chi connectivity index (χ3n) is 4.02. The summed E-state index contributed by atoms with van der Waals surface area (Å²) in [6.07, 6.45) is 2.61. The number of nitrogens with zero attached hydrogens (tertiary/aromatic N) is 1. The molecule has 0 aliphatic carbocycles. The summed E-state index contributed by atoms with van der Waals surface area (Å²) in [7, 11) is 0. The van der Waals surface area contributed by atoms with Crippen molar-refractivity contribution in [2.24, 2.45) is 11.8 Å². The molecule has 0 spiro atoms. The Morgan fingerprint density at radius 2 is 1.71 bits per heavy atom. The average molecular weight is 240 g/mol. The van der Waals surface area contributed by atoms with Crippen LogP contribution in [0.25, 0.3) is 0 Å². The second-order valence-corrected chi connectivity index (χ2v) is 6.98. The number of hydrogen-bond acceptors (Lipinski definition) is 2. The topological polar surface area (TPSA) is 15.3 Å². The minimum absolute atomic E-state index is 0.239.